The third-order valence-corrected chi connectivity index (χ3v) is 3.54. The van der Waals surface area contributed by atoms with Crippen molar-refractivity contribution >= 4 is 0 Å². The highest BCUT2D eigenvalue weighted by atomic mass is 15.2. The molecule has 1 saturated heterocycles. The Balaban J connectivity index is 1.60. The molecule has 0 spiro atoms. The first-order valence-corrected chi connectivity index (χ1v) is 5.88. The van der Waals surface area contributed by atoms with Crippen molar-refractivity contribution in [2.24, 2.45) is 5.92 Å². The van der Waals surface area contributed by atoms with Gasteiger partial charge in [0.1, 0.15) is 0 Å². The molecule has 0 bridgehead atoms. The van der Waals surface area contributed by atoms with Crippen LogP contribution >= 0.6 is 0 Å². The third kappa shape index (κ3) is 2.96. The smallest absolute Gasteiger partial charge is 0.0107 e. The van der Waals surface area contributed by atoms with Crippen LogP contribution in [-0.4, -0.2) is 37.6 Å². The van der Waals surface area contributed by atoms with Gasteiger partial charge in [0.15, 0.2) is 0 Å². The van der Waals surface area contributed by atoms with E-state index in [0.717, 1.165) is 5.92 Å². The van der Waals surface area contributed by atoms with Gasteiger partial charge in [0, 0.05) is 26.2 Å². The molecule has 1 N–H and O–H groups in total. The van der Waals surface area contributed by atoms with E-state index < -0.39 is 0 Å². The Morgan fingerprint density at radius 3 is 2.46 bits per heavy atom. The van der Waals surface area contributed by atoms with E-state index in [0.29, 0.717) is 0 Å². The van der Waals surface area contributed by atoms with Crippen molar-refractivity contribution < 1.29 is 0 Å². The number of piperazine rings is 1. The Morgan fingerprint density at radius 1 is 1.08 bits per heavy atom. The standard InChI is InChI=1S/C11H22N2/c1-2-4-11(3-1)5-8-13-9-6-12-7-10-13/h11-12H,1-10H2. The Kier molecular flexibility index (Phi) is 3.62. The molecule has 2 fully saturated rings. The van der Waals surface area contributed by atoms with Crippen LogP contribution in [0.3, 0.4) is 0 Å². The van der Waals surface area contributed by atoms with Crippen LogP contribution < -0.4 is 5.32 Å². The highest BCUT2D eigenvalue weighted by Crippen LogP contribution is 2.27. The Morgan fingerprint density at radius 2 is 1.77 bits per heavy atom. The Labute approximate surface area is 81.7 Å². The van der Waals surface area contributed by atoms with Crippen molar-refractivity contribution in [3.05, 3.63) is 0 Å². The van der Waals surface area contributed by atoms with Crippen molar-refractivity contribution in [2.75, 3.05) is 32.7 Å². The molecular weight excluding hydrogens is 160 g/mol. The maximum absolute atomic E-state index is 3.40. The molecule has 2 nitrogen and oxygen atoms in total. The van der Waals surface area contributed by atoms with E-state index in [4.69, 9.17) is 0 Å². The molecule has 2 aliphatic rings. The first-order chi connectivity index (χ1) is 6.45. The molecule has 1 aliphatic heterocycles. The van der Waals surface area contributed by atoms with E-state index in [1.807, 2.05) is 0 Å². The quantitative estimate of drug-likeness (QED) is 0.711. The van der Waals surface area contributed by atoms with Crippen LogP contribution in [0.15, 0.2) is 0 Å². The minimum Gasteiger partial charge on any atom is -0.314 e. The van der Waals surface area contributed by atoms with E-state index in [1.165, 1.54) is 64.8 Å². The molecule has 0 amide bonds. The lowest BCUT2D eigenvalue weighted by Crippen LogP contribution is -2.44. The molecule has 1 heterocycles. The van der Waals surface area contributed by atoms with Gasteiger partial charge in [0.2, 0.25) is 0 Å². The summed E-state index contributed by atoms with van der Waals surface area (Å²) in [6, 6.07) is 0. The van der Waals surface area contributed by atoms with Gasteiger partial charge in [0.05, 0.1) is 0 Å². The van der Waals surface area contributed by atoms with Gasteiger partial charge in [-0.05, 0) is 18.9 Å². The zero-order valence-electron chi connectivity index (χ0n) is 8.60. The molecule has 0 aromatic heterocycles. The van der Waals surface area contributed by atoms with Crippen molar-refractivity contribution in [3.63, 3.8) is 0 Å². The average molecular weight is 182 g/mol. The molecule has 2 heteroatoms. The Hall–Kier alpha value is -0.0800. The fraction of sp³-hybridized carbons (Fsp3) is 1.00. The summed E-state index contributed by atoms with van der Waals surface area (Å²) in [6.45, 7) is 6.29. The highest BCUT2D eigenvalue weighted by molar-refractivity contribution is 4.72. The maximum Gasteiger partial charge on any atom is 0.0107 e. The van der Waals surface area contributed by atoms with Gasteiger partial charge >= 0.3 is 0 Å². The lowest BCUT2D eigenvalue weighted by molar-refractivity contribution is 0.224. The zero-order valence-corrected chi connectivity index (χ0v) is 8.60. The molecule has 0 unspecified atom stereocenters. The fourth-order valence-corrected chi connectivity index (χ4v) is 2.60. The van der Waals surface area contributed by atoms with Crippen LogP contribution in [-0.2, 0) is 0 Å². The van der Waals surface area contributed by atoms with Crippen molar-refractivity contribution in [1.82, 2.24) is 10.2 Å². The van der Waals surface area contributed by atoms with Crippen molar-refractivity contribution in [2.45, 2.75) is 32.1 Å². The van der Waals surface area contributed by atoms with Crippen LogP contribution in [0, 0.1) is 5.92 Å². The van der Waals surface area contributed by atoms with E-state index in [2.05, 4.69) is 10.2 Å². The van der Waals surface area contributed by atoms with Crippen LogP contribution in [0.4, 0.5) is 0 Å². The number of nitrogens with zero attached hydrogens (tertiary/aromatic N) is 1. The van der Waals surface area contributed by atoms with Gasteiger partial charge in [0.25, 0.3) is 0 Å². The minimum absolute atomic E-state index is 1.06. The van der Waals surface area contributed by atoms with Crippen molar-refractivity contribution in [3.8, 4) is 0 Å². The lowest BCUT2D eigenvalue weighted by atomic mass is 10.0. The van der Waals surface area contributed by atoms with E-state index in [9.17, 15) is 0 Å². The summed E-state index contributed by atoms with van der Waals surface area (Å²) >= 11 is 0. The van der Waals surface area contributed by atoms with Gasteiger partial charge in [-0.25, -0.2) is 0 Å². The van der Waals surface area contributed by atoms with Gasteiger partial charge in [-0.1, -0.05) is 25.7 Å². The van der Waals surface area contributed by atoms with E-state index in [1.54, 1.807) is 0 Å². The lowest BCUT2D eigenvalue weighted by Gasteiger charge is -2.28. The zero-order chi connectivity index (χ0) is 8.93. The first kappa shape index (κ1) is 9.47. The minimum atomic E-state index is 1.06. The fourth-order valence-electron chi connectivity index (χ4n) is 2.60. The normalized spacial score (nSPS) is 26.8. The number of rotatable bonds is 3. The van der Waals surface area contributed by atoms with Crippen LogP contribution in [0.25, 0.3) is 0 Å². The summed E-state index contributed by atoms with van der Waals surface area (Å²) in [5.41, 5.74) is 0. The maximum atomic E-state index is 3.40. The Bertz CT molecular complexity index is 135. The van der Waals surface area contributed by atoms with Gasteiger partial charge < -0.3 is 10.2 Å². The van der Waals surface area contributed by atoms with E-state index in [-0.39, 0.29) is 0 Å². The summed E-state index contributed by atoms with van der Waals surface area (Å²) < 4.78 is 0. The highest BCUT2D eigenvalue weighted by Gasteiger charge is 2.16. The molecule has 0 radical (unpaired) electrons. The molecule has 0 aromatic rings. The van der Waals surface area contributed by atoms with Crippen LogP contribution in [0.1, 0.15) is 32.1 Å². The molecule has 76 valence electrons. The second-order valence-corrected chi connectivity index (χ2v) is 4.53. The summed E-state index contributed by atoms with van der Waals surface area (Å²) in [5.74, 6) is 1.06. The topological polar surface area (TPSA) is 15.3 Å². The molecule has 1 saturated carbocycles. The molecule has 2 rings (SSSR count). The van der Waals surface area contributed by atoms with Crippen LogP contribution in [0.5, 0.6) is 0 Å². The second-order valence-electron chi connectivity index (χ2n) is 4.53. The third-order valence-electron chi connectivity index (χ3n) is 3.54. The summed E-state index contributed by atoms with van der Waals surface area (Å²) in [7, 11) is 0. The summed E-state index contributed by atoms with van der Waals surface area (Å²) in [5, 5.41) is 3.40. The number of nitrogens with one attached hydrogen (secondary N) is 1. The van der Waals surface area contributed by atoms with Gasteiger partial charge in [-0.3, -0.25) is 0 Å². The van der Waals surface area contributed by atoms with Crippen molar-refractivity contribution in [1.29, 1.82) is 0 Å². The van der Waals surface area contributed by atoms with Gasteiger partial charge in [-0.15, -0.1) is 0 Å². The summed E-state index contributed by atoms with van der Waals surface area (Å²) in [4.78, 5) is 2.62. The van der Waals surface area contributed by atoms with E-state index >= 15 is 0 Å². The second kappa shape index (κ2) is 4.97. The number of hydrogen-bond acceptors (Lipinski definition) is 2. The monoisotopic (exact) mass is 182 g/mol. The summed E-state index contributed by atoms with van der Waals surface area (Å²) in [6.07, 6.45) is 7.45. The average Bonchev–Trinajstić information content (AvgIpc) is 2.69. The molecule has 0 aromatic carbocycles. The largest absolute Gasteiger partial charge is 0.314 e. The predicted octanol–water partition coefficient (Wildman–Crippen LogP) is 1.47. The molecule has 1 aliphatic carbocycles. The molecular formula is C11H22N2. The molecule has 13 heavy (non-hydrogen) atoms. The van der Waals surface area contributed by atoms with Gasteiger partial charge in [-0.2, -0.15) is 0 Å². The predicted molar refractivity (Wildman–Crippen MR) is 55.9 cm³/mol. The van der Waals surface area contributed by atoms with Crippen LogP contribution in [0.2, 0.25) is 0 Å². The SMILES string of the molecule is C1CCC(CCN2CCNCC2)C1. The number of hydrogen-bond donors (Lipinski definition) is 1. The molecule has 0 atom stereocenters. The first-order valence-electron chi connectivity index (χ1n) is 5.88.